The molecular weight excluding hydrogens is 212 g/mol. The number of benzene rings is 1. The average molecular weight is 226 g/mol. The maximum absolute atomic E-state index is 12.3. The monoisotopic (exact) mass is 226 g/mol. The van der Waals surface area contributed by atoms with Crippen molar-refractivity contribution in [2.45, 2.75) is 6.92 Å². The fraction of sp³-hybridized carbons (Fsp3) is 0.143. The third-order valence-electron chi connectivity index (χ3n) is 2.56. The van der Waals surface area contributed by atoms with Crippen LogP contribution in [0.1, 0.15) is 17.3 Å². The molecule has 0 aliphatic heterocycles. The van der Waals surface area contributed by atoms with E-state index >= 15 is 0 Å². The first-order valence-electron chi connectivity index (χ1n) is 5.60. The van der Waals surface area contributed by atoms with Crippen molar-refractivity contribution in [1.29, 1.82) is 0 Å². The van der Waals surface area contributed by atoms with Crippen LogP contribution >= 0.6 is 0 Å². The molecular formula is C14H14N2O. The van der Waals surface area contributed by atoms with Crippen molar-refractivity contribution in [3.8, 4) is 0 Å². The molecule has 0 aliphatic carbocycles. The molecule has 3 heteroatoms. The van der Waals surface area contributed by atoms with Crippen LogP contribution in [0.25, 0.3) is 0 Å². The SMILES string of the molecule is CCN(C(=O)c1ccccc1)c1ccncc1. The molecule has 0 N–H and O–H groups in total. The predicted octanol–water partition coefficient (Wildman–Crippen LogP) is 2.75. The number of amides is 1. The summed E-state index contributed by atoms with van der Waals surface area (Å²) < 4.78 is 0. The minimum absolute atomic E-state index is 0.0132. The van der Waals surface area contributed by atoms with Crippen molar-refractivity contribution in [3.05, 3.63) is 60.4 Å². The molecule has 0 atom stereocenters. The molecule has 0 fully saturated rings. The van der Waals surface area contributed by atoms with Gasteiger partial charge in [0.15, 0.2) is 0 Å². The van der Waals surface area contributed by atoms with Crippen molar-refractivity contribution >= 4 is 11.6 Å². The van der Waals surface area contributed by atoms with E-state index in [1.54, 1.807) is 17.3 Å². The number of hydrogen-bond acceptors (Lipinski definition) is 2. The lowest BCUT2D eigenvalue weighted by molar-refractivity contribution is 0.0988. The van der Waals surface area contributed by atoms with Gasteiger partial charge in [-0.2, -0.15) is 0 Å². The fourth-order valence-corrected chi connectivity index (χ4v) is 1.70. The van der Waals surface area contributed by atoms with E-state index in [9.17, 15) is 4.79 Å². The predicted molar refractivity (Wildman–Crippen MR) is 68.0 cm³/mol. The number of carbonyl (C=O) groups excluding carboxylic acids is 1. The minimum Gasteiger partial charge on any atom is -0.309 e. The van der Waals surface area contributed by atoms with Crippen LogP contribution < -0.4 is 4.90 Å². The largest absolute Gasteiger partial charge is 0.309 e. The third-order valence-corrected chi connectivity index (χ3v) is 2.56. The second kappa shape index (κ2) is 5.25. The molecule has 2 rings (SSSR count). The molecule has 0 radical (unpaired) electrons. The molecule has 2 aromatic rings. The number of nitrogens with zero attached hydrogens (tertiary/aromatic N) is 2. The zero-order valence-electron chi connectivity index (χ0n) is 9.71. The number of rotatable bonds is 3. The molecule has 86 valence electrons. The average Bonchev–Trinajstić information content (AvgIpc) is 2.42. The van der Waals surface area contributed by atoms with Crippen LogP contribution in [0.3, 0.4) is 0 Å². The minimum atomic E-state index is 0.0132. The summed E-state index contributed by atoms with van der Waals surface area (Å²) in [4.78, 5) is 18.0. The van der Waals surface area contributed by atoms with E-state index in [1.807, 2.05) is 49.4 Å². The van der Waals surface area contributed by atoms with Gasteiger partial charge in [-0.3, -0.25) is 9.78 Å². The van der Waals surface area contributed by atoms with E-state index in [-0.39, 0.29) is 5.91 Å². The summed E-state index contributed by atoms with van der Waals surface area (Å²) in [6.07, 6.45) is 3.38. The van der Waals surface area contributed by atoms with Crippen LogP contribution in [0.5, 0.6) is 0 Å². The lowest BCUT2D eigenvalue weighted by Crippen LogP contribution is -2.30. The van der Waals surface area contributed by atoms with Gasteiger partial charge in [-0.1, -0.05) is 18.2 Å². The van der Waals surface area contributed by atoms with E-state index in [0.717, 1.165) is 5.69 Å². The number of pyridine rings is 1. The molecule has 1 aromatic heterocycles. The Morgan fingerprint density at radius 1 is 1.12 bits per heavy atom. The van der Waals surface area contributed by atoms with Crippen LogP contribution in [0, 0.1) is 0 Å². The van der Waals surface area contributed by atoms with E-state index < -0.39 is 0 Å². The van der Waals surface area contributed by atoms with Gasteiger partial charge in [-0.25, -0.2) is 0 Å². The second-order valence-electron chi connectivity index (χ2n) is 3.62. The van der Waals surface area contributed by atoms with Gasteiger partial charge in [0, 0.05) is 30.2 Å². The summed E-state index contributed by atoms with van der Waals surface area (Å²) in [5.41, 5.74) is 1.57. The molecule has 0 unspecified atom stereocenters. The number of aromatic nitrogens is 1. The molecule has 1 aromatic carbocycles. The maximum Gasteiger partial charge on any atom is 0.258 e. The highest BCUT2D eigenvalue weighted by molar-refractivity contribution is 6.05. The summed E-state index contributed by atoms with van der Waals surface area (Å²) in [7, 11) is 0. The Kier molecular flexibility index (Phi) is 3.50. The lowest BCUT2D eigenvalue weighted by atomic mass is 10.2. The van der Waals surface area contributed by atoms with Gasteiger partial charge in [0.05, 0.1) is 0 Å². The van der Waals surface area contributed by atoms with Crippen molar-refractivity contribution in [1.82, 2.24) is 4.98 Å². The van der Waals surface area contributed by atoms with Crippen molar-refractivity contribution < 1.29 is 4.79 Å². The molecule has 1 amide bonds. The first kappa shape index (κ1) is 11.3. The Labute approximate surface area is 101 Å². The first-order chi connectivity index (χ1) is 8.33. The van der Waals surface area contributed by atoms with Crippen LogP contribution in [-0.2, 0) is 0 Å². The van der Waals surface area contributed by atoms with Gasteiger partial charge < -0.3 is 4.90 Å². The van der Waals surface area contributed by atoms with Crippen LogP contribution in [0.2, 0.25) is 0 Å². The molecule has 3 nitrogen and oxygen atoms in total. The maximum atomic E-state index is 12.3. The summed E-state index contributed by atoms with van der Waals surface area (Å²) in [5, 5.41) is 0. The highest BCUT2D eigenvalue weighted by Crippen LogP contribution is 2.15. The Hall–Kier alpha value is -2.16. The molecule has 0 saturated carbocycles. The van der Waals surface area contributed by atoms with E-state index in [2.05, 4.69) is 4.98 Å². The Morgan fingerprint density at radius 3 is 2.35 bits per heavy atom. The quantitative estimate of drug-likeness (QED) is 0.806. The highest BCUT2D eigenvalue weighted by Gasteiger charge is 2.14. The molecule has 0 bridgehead atoms. The van der Waals surface area contributed by atoms with Gasteiger partial charge in [0.1, 0.15) is 0 Å². The van der Waals surface area contributed by atoms with Gasteiger partial charge >= 0.3 is 0 Å². The zero-order chi connectivity index (χ0) is 12.1. The van der Waals surface area contributed by atoms with Crippen LogP contribution in [0.15, 0.2) is 54.9 Å². The van der Waals surface area contributed by atoms with E-state index in [1.165, 1.54) is 0 Å². The number of carbonyl (C=O) groups is 1. The molecule has 17 heavy (non-hydrogen) atoms. The van der Waals surface area contributed by atoms with E-state index in [4.69, 9.17) is 0 Å². The summed E-state index contributed by atoms with van der Waals surface area (Å²) in [6, 6.07) is 13.0. The standard InChI is InChI=1S/C14H14N2O/c1-2-16(13-8-10-15-11-9-13)14(17)12-6-4-3-5-7-12/h3-11H,2H2,1H3. The van der Waals surface area contributed by atoms with Crippen molar-refractivity contribution in [3.63, 3.8) is 0 Å². The highest BCUT2D eigenvalue weighted by atomic mass is 16.2. The van der Waals surface area contributed by atoms with Crippen LogP contribution in [0.4, 0.5) is 5.69 Å². The first-order valence-corrected chi connectivity index (χ1v) is 5.60. The van der Waals surface area contributed by atoms with Gasteiger partial charge in [-0.15, -0.1) is 0 Å². The zero-order valence-corrected chi connectivity index (χ0v) is 9.71. The van der Waals surface area contributed by atoms with E-state index in [0.29, 0.717) is 12.1 Å². The second-order valence-corrected chi connectivity index (χ2v) is 3.62. The van der Waals surface area contributed by atoms with Crippen molar-refractivity contribution in [2.75, 3.05) is 11.4 Å². The molecule has 1 heterocycles. The van der Waals surface area contributed by atoms with Gasteiger partial charge in [0.2, 0.25) is 0 Å². The molecule has 0 spiro atoms. The fourth-order valence-electron chi connectivity index (χ4n) is 1.70. The summed E-state index contributed by atoms with van der Waals surface area (Å²) in [6.45, 7) is 2.60. The topological polar surface area (TPSA) is 33.2 Å². The van der Waals surface area contributed by atoms with Crippen molar-refractivity contribution in [2.24, 2.45) is 0 Å². The summed E-state index contributed by atoms with van der Waals surface area (Å²) >= 11 is 0. The molecule has 0 saturated heterocycles. The Morgan fingerprint density at radius 2 is 1.76 bits per heavy atom. The lowest BCUT2D eigenvalue weighted by Gasteiger charge is -2.20. The van der Waals surface area contributed by atoms with Gasteiger partial charge in [-0.05, 0) is 31.2 Å². The molecule has 0 aliphatic rings. The number of hydrogen-bond donors (Lipinski definition) is 0. The normalized spacial score (nSPS) is 9.94. The Balaban J connectivity index is 2.29. The summed E-state index contributed by atoms with van der Waals surface area (Å²) in [5.74, 6) is 0.0132. The van der Waals surface area contributed by atoms with Crippen LogP contribution in [-0.4, -0.2) is 17.4 Å². The number of anilines is 1. The third kappa shape index (κ3) is 2.50. The Bertz CT molecular complexity index is 482. The smallest absolute Gasteiger partial charge is 0.258 e. The van der Waals surface area contributed by atoms with Gasteiger partial charge in [0.25, 0.3) is 5.91 Å².